The molecule has 3 atom stereocenters. The van der Waals surface area contributed by atoms with Crippen LogP contribution in [-0.4, -0.2) is 46.4 Å². The average Bonchev–Trinajstić information content (AvgIpc) is 3.47. The molecule has 2 aromatic carbocycles. The van der Waals surface area contributed by atoms with Gasteiger partial charge in [-0.25, -0.2) is 4.79 Å². The molecule has 2 heterocycles. The third kappa shape index (κ3) is 4.04. The second kappa shape index (κ2) is 9.80. The Hall–Kier alpha value is -4.27. The van der Waals surface area contributed by atoms with Crippen molar-refractivity contribution in [1.29, 1.82) is 0 Å². The Morgan fingerprint density at radius 1 is 0.974 bits per heavy atom. The zero-order valence-corrected chi connectivity index (χ0v) is 21.8. The van der Waals surface area contributed by atoms with E-state index in [2.05, 4.69) is 10.5 Å². The molecule has 39 heavy (non-hydrogen) atoms. The van der Waals surface area contributed by atoms with Crippen molar-refractivity contribution in [3.05, 3.63) is 82.6 Å². The van der Waals surface area contributed by atoms with Gasteiger partial charge in [0.05, 0.1) is 11.8 Å². The summed E-state index contributed by atoms with van der Waals surface area (Å²) in [5.41, 5.74) is 4.27. The van der Waals surface area contributed by atoms with E-state index in [9.17, 15) is 19.2 Å². The highest BCUT2D eigenvalue weighted by Gasteiger charge is 2.63. The first-order chi connectivity index (χ1) is 18.9. The standard InChI is InChI=1S/C30H29N3O6/c1-3-4-13-21(30(37)38-15-23(34)31-22-14-16(2)39-32-22)33-28(35)26-24-17-9-5-6-10-18(17)25(27(26)29(33)36)20-12-8-7-11-19(20)24/h5-12,14,21,24-27H,3-4,13,15H2,1-2H3,(H,31,32,34)/t21-,24?,25?,26-,27+/m1/s1. The Balaban J connectivity index is 1.28. The van der Waals surface area contributed by atoms with Gasteiger partial charge in [0, 0.05) is 17.9 Å². The van der Waals surface area contributed by atoms with Crippen LogP contribution in [0.2, 0.25) is 0 Å². The van der Waals surface area contributed by atoms with Crippen molar-refractivity contribution in [3.8, 4) is 0 Å². The molecule has 7 rings (SSSR count). The summed E-state index contributed by atoms with van der Waals surface area (Å²) in [5.74, 6) is -2.99. The lowest BCUT2D eigenvalue weighted by Gasteiger charge is -2.45. The quantitative estimate of drug-likeness (QED) is 0.348. The molecule has 3 aliphatic carbocycles. The molecule has 1 aliphatic heterocycles. The Morgan fingerprint density at radius 2 is 1.51 bits per heavy atom. The predicted octanol–water partition coefficient (Wildman–Crippen LogP) is 3.92. The molecule has 0 radical (unpaired) electrons. The zero-order chi connectivity index (χ0) is 27.3. The number of imide groups is 1. The van der Waals surface area contributed by atoms with Crippen molar-refractivity contribution >= 4 is 29.5 Å². The fraction of sp³-hybridized carbons (Fsp3) is 0.367. The summed E-state index contributed by atoms with van der Waals surface area (Å²) < 4.78 is 10.3. The van der Waals surface area contributed by atoms with Crippen LogP contribution in [0.5, 0.6) is 0 Å². The van der Waals surface area contributed by atoms with Gasteiger partial charge in [-0.05, 0) is 35.6 Å². The largest absolute Gasteiger partial charge is 0.454 e. The molecule has 9 heteroatoms. The molecular weight excluding hydrogens is 498 g/mol. The maximum Gasteiger partial charge on any atom is 0.329 e. The number of nitrogens with one attached hydrogen (secondary N) is 1. The van der Waals surface area contributed by atoms with E-state index in [1.807, 2.05) is 55.5 Å². The van der Waals surface area contributed by atoms with Crippen LogP contribution in [0.15, 0.2) is 59.1 Å². The predicted molar refractivity (Wildman–Crippen MR) is 140 cm³/mol. The number of hydrogen-bond donors (Lipinski definition) is 1. The maximum atomic E-state index is 14.0. The molecule has 0 spiro atoms. The van der Waals surface area contributed by atoms with Crippen LogP contribution >= 0.6 is 0 Å². The lowest BCUT2D eigenvalue weighted by molar-refractivity contribution is -0.160. The molecule has 1 aromatic heterocycles. The minimum atomic E-state index is -1.09. The molecule has 0 unspecified atom stereocenters. The summed E-state index contributed by atoms with van der Waals surface area (Å²) in [6.07, 6.45) is 1.65. The highest BCUT2D eigenvalue weighted by atomic mass is 16.5. The Morgan fingerprint density at radius 3 is 1.97 bits per heavy atom. The van der Waals surface area contributed by atoms with Gasteiger partial charge in [-0.1, -0.05) is 73.5 Å². The number of benzene rings is 2. The molecule has 4 aliphatic rings. The van der Waals surface area contributed by atoms with Crippen LogP contribution in [0.25, 0.3) is 0 Å². The summed E-state index contributed by atoms with van der Waals surface area (Å²) in [5, 5.41) is 6.19. The van der Waals surface area contributed by atoms with E-state index >= 15 is 0 Å². The van der Waals surface area contributed by atoms with Gasteiger partial charge in [-0.2, -0.15) is 0 Å². The maximum absolute atomic E-state index is 14.0. The van der Waals surface area contributed by atoms with Crippen LogP contribution in [0.3, 0.4) is 0 Å². The van der Waals surface area contributed by atoms with Gasteiger partial charge in [0.15, 0.2) is 12.4 Å². The summed E-state index contributed by atoms with van der Waals surface area (Å²) in [4.78, 5) is 54.9. The monoisotopic (exact) mass is 527 g/mol. The zero-order valence-electron chi connectivity index (χ0n) is 21.8. The number of esters is 1. The van der Waals surface area contributed by atoms with Crippen molar-refractivity contribution < 1.29 is 28.4 Å². The van der Waals surface area contributed by atoms with Crippen LogP contribution in [0.1, 0.15) is 66.0 Å². The van der Waals surface area contributed by atoms with Crippen LogP contribution in [0, 0.1) is 18.8 Å². The SMILES string of the molecule is CCCC[C@H](C(=O)OCC(=O)Nc1cc(C)on1)N1C(=O)[C@@H]2C3c4ccccc4C(c4ccccc43)[C@@H]2C1=O. The number of aryl methyl sites for hydroxylation is 1. The van der Waals surface area contributed by atoms with Gasteiger partial charge in [0.1, 0.15) is 11.8 Å². The summed E-state index contributed by atoms with van der Waals surface area (Å²) >= 11 is 0. The molecule has 3 aromatic rings. The first kappa shape index (κ1) is 25.0. The van der Waals surface area contributed by atoms with Crippen molar-refractivity contribution in [2.75, 3.05) is 11.9 Å². The number of anilines is 1. The molecule has 1 N–H and O–H groups in total. The third-order valence-electron chi connectivity index (χ3n) is 8.14. The number of amides is 3. The highest BCUT2D eigenvalue weighted by molar-refractivity contribution is 6.10. The highest BCUT2D eigenvalue weighted by Crippen LogP contribution is 2.61. The lowest BCUT2D eigenvalue weighted by atomic mass is 9.55. The van der Waals surface area contributed by atoms with E-state index < -0.39 is 36.4 Å². The second-order valence-electron chi connectivity index (χ2n) is 10.4. The van der Waals surface area contributed by atoms with E-state index in [1.54, 1.807) is 6.92 Å². The minimum absolute atomic E-state index is 0.208. The fourth-order valence-corrected chi connectivity index (χ4v) is 6.59. The van der Waals surface area contributed by atoms with Crippen LogP contribution in [0.4, 0.5) is 5.82 Å². The molecular formula is C30H29N3O6. The first-order valence-corrected chi connectivity index (χ1v) is 13.3. The van der Waals surface area contributed by atoms with E-state index in [1.165, 1.54) is 6.07 Å². The number of ether oxygens (including phenoxy) is 1. The number of unbranched alkanes of at least 4 members (excludes halogenated alkanes) is 1. The second-order valence-corrected chi connectivity index (χ2v) is 10.4. The number of hydrogen-bond acceptors (Lipinski definition) is 7. The van der Waals surface area contributed by atoms with E-state index in [0.29, 0.717) is 12.2 Å². The lowest BCUT2D eigenvalue weighted by Crippen LogP contribution is -2.47. The fourth-order valence-electron chi connectivity index (χ4n) is 6.59. The topological polar surface area (TPSA) is 119 Å². The summed E-state index contributed by atoms with van der Waals surface area (Å²) in [6.45, 7) is 3.08. The smallest absolute Gasteiger partial charge is 0.329 e. The number of rotatable bonds is 8. The number of carbonyl (C=O) groups excluding carboxylic acids is 4. The number of nitrogens with zero attached hydrogens (tertiary/aromatic N) is 2. The van der Waals surface area contributed by atoms with Gasteiger partial charge in [0.25, 0.3) is 5.91 Å². The number of likely N-dealkylation sites (tertiary alicyclic amines) is 1. The molecule has 1 fully saturated rings. The van der Waals surface area contributed by atoms with E-state index in [-0.39, 0.29) is 35.9 Å². The van der Waals surface area contributed by atoms with Crippen molar-refractivity contribution in [2.24, 2.45) is 11.8 Å². The molecule has 0 saturated carbocycles. The van der Waals surface area contributed by atoms with Gasteiger partial charge >= 0.3 is 5.97 Å². The van der Waals surface area contributed by atoms with Crippen LogP contribution in [-0.2, 0) is 23.9 Å². The van der Waals surface area contributed by atoms with E-state index in [0.717, 1.165) is 33.6 Å². The number of carbonyl (C=O) groups is 4. The van der Waals surface area contributed by atoms with Gasteiger partial charge in [-0.15, -0.1) is 0 Å². The third-order valence-corrected chi connectivity index (χ3v) is 8.14. The summed E-state index contributed by atoms with van der Waals surface area (Å²) in [7, 11) is 0. The first-order valence-electron chi connectivity index (χ1n) is 13.3. The Kier molecular flexibility index (Phi) is 6.29. The van der Waals surface area contributed by atoms with Gasteiger partial charge in [0.2, 0.25) is 11.8 Å². The normalized spacial score (nSPS) is 23.2. The van der Waals surface area contributed by atoms with Crippen molar-refractivity contribution in [3.63, 3.8) is 0 Å². The summed E-state index contributed by atoms with van der Waals surface area (Å²) in [6, 6.07) is 16.4. The minimum Gasteiger partial charge on any atom is -0.454 e. The Labute approximate surface area is 225 Å². The van der Waals surface area contributed by atoms with Crippen LogP contribution < -0.4 is 5.32 Å². The van der Waals surface area contributed by atoms with Crippen molar-refractivity contribution in [1.82, 2.24) is 10.1 Å². The average molecular weight is 528 g/mol. The molecule has 9 nitrogen and oxygen atoms in total. The van der Waals surface area contributed by atoms with Gasteiger partial charge in [-0.3, -0.25) is 19.3 Å². The molecule has 3 amide bonds. The molecule has 200 valence electrons. The van der Waals surface area contributed by atoms with Crippen molar-refractivity contribution in [2.45, 2.75) is 51.0 Å². The van der Waals surface area contributed by atoms with Gasteiger partial charge < -0.3 is 14.6 Å². The Bertz CT molecular complexity index is 1360. The van der Waals surface area contributed by atoms with E-state index in [4.69, 9.17) is 9.26 Å². The molecule has 2 bridgehead atoms. The number of aromatic nitrogens is 1. The molecule has 1 saturated heterocycles.